The minimum atomic E-state index is 0.186. The first kappa shape index (κ1) is 17.5. The Hall–Kier alpha value is -3.28. The van der Waals surface area contributed by atoms with E-state index < -0.39 is 0 Å². The predicted molar refractivity (Wildman–Crippen MR) is 106 cm³/mol. The summed E-state index contributed by atoms with van der Waals surface area (Å²) in [5.41, 5.74) is 3.95. The normalized spacial score (nSPS) is 11.7. The molecule has 0 aliphatic carbocycles. The minimum Gasteiger partial charge on any atom is -0.507 e. The number of nitrogens with zero attached hydrogens (tertiary/aromatic N) is 4. The Morgan fingerprint density at radius 1 is 1.00 bits per heavy atom. The van der Waals surface area contributed by atoms with Gasteiger partial charge in [-0.05, 0) is 55.1 Å². The maximum atomic E-state index is 10.3. The lowest BCUT2D eigenvalue weighted by atomic mass is 10.1. The van der Waals surface area contributed by atoms with Crippen LogP contribution in [0.1, 0.15) is 12.5 Å². The lowest BCUT2D eigenvalue weighted by Crippen LogP contribution is -1.96. The maximum absolute atomic E-state index is 10.3. The van der Waals surface area contributed by atoms with Crippen LogP contribution in [0.25, 0.3) is 10.8 Å². The molecule has 6 heteroatoms. The van der Waals surface area contributed by atoms with Crippen LogP contribution in [0.5, 0.6) is 5.75 Å². The van der Waals surface area contributed by atoms with Crippen molar-refractivity contribution in [1.82, 2.24) is 0 Å². The highest BCUT2D eigenvalue weighted by Gasteiger charge is 2.11. The predicted octanol–water partition coefficient (Wildman–Crippen LogP) is 6.41. The summed E-state index contributed by atoms with van der Waals surface area (Å²) in [6.45, 7) is 4.72. The van der Waals surface area contributed by atoms with Gasteiger partial charge in [-0.2, -0.15) is 15.3 Å². The molecule has 132 valence electrons. The largest absolute Gasteiger partial charge is 0.507 e. The molecule has 0 saturated heterocycles. The zero-order valence-corrected chi connectivity index (χ0v) is 15.1. The van der Waals surface area contributed by atoms with Crippen LogP contribution in [0.15, 0.2) is 69.0 Å². The minimum absolute atomic E-state index is 0.186. The van der Waals surface area contributed by atoms with Crippen molar-refractivity contribution in [3.05, 3.63) is 54.1 Å². The molecule has 6 nitrogen and oxygen atoms in total. The van der Waals surface area contributed by atoms with Crippen molar-refractivity contribution in [2.24, 2.45) is 20.5 Å². The third-order valence-electron chi connectivity index (χ3n) is 4.02. The number of benzene rings is 3. The molecule has 0 atom stereocenters. The smallest absolute Gasteiger partial charge is 0.125 e. The molecular weight excluding hydrogens is 326 g/mol. The molecule has 0 spiro atoms. The van der Waals surface area contributed by atoms with E-state index in [9.17, 15) is 5.11 Å². The molecule has 0 radical (unpaired) electrons. The Balaban J connectivity index is 2.08. The molecule has 0 unspecified atom stereocenters. The van der Waals surface area contributed by atoms with Gasteiger partial charge in [-0.1, -0.05) is 18.2 Å². The molecular formula is C20H21N5O. The summed E-state index contributed by atoms with van der Waals surface area (Å²) in [7, 11) is 1.64. The van der Waals surface area contributed by atoms with Crippen molar-refractivity contribution in [3.8, 4) is 5.75 Å². The Labute approximate surface area is 152 Å². The summed E-state index contributed by atoms with van der Waals surface area (Å²) in [6, 6.07) is 14.9. The Bertz CT molecular complexity index is 995. The van der Waals surface area contributed by atoms with Crippen LogP contribution in [0.3, 0.4) is 0 Å². The number of fused-ring (bicyclic) bond motifs is 1. The van der Waals surface area contributed by atoms with E-state index in [0.29, 0.717) is 16.8 Å². The summed E-state index contributed by atoms with van der Waals surface area (Å²) in [5.74, 6) is 0.186. The summed E-state index contributed by atoms with van der Waals surface area (Å²) >= 11 is 0. The molecule has 0 bridgehead atoms. The van der Waals surface area contributed by atoms with E-state index >= 15 is 0 Å². The lowest BCUT2D eigenvalue weighted by Gasteiger charge is -2.11. The monoisotopic (exact) mass is 347 g/mol. The van der Waals surface area contributed by atoms with Crippen LogP contribution < -0.4 is 5.32 Å². The molecule has 2 N–H and O–H groups in total. The van der Waals surface area contributed by atoms with E-state index in [1.54, 1.807) is 13.1 Å². The lowest BCUT2D eigenvalue weighted by molar-refractivity contribution is 0.482. The van der Waals surface area contributed by atoms with Crippen molar-refractivity contribution in [2.45, 2.75) is 13.8 Å². The molecule has 3 aromatic carbocycles. The van der Waals surface area contributed by atoms with Crippen LogP contribution in [0.4, 0.5) is 22.7 Å². The number of anilines is 1. The van der Waals surface area contributed by atoms with E-state index in [0.717, 1.165) is 28.9 Å². The van der Waals surface area contributed by atoms with Crippen LogP contribution in [0.2, 0.25) is 0 Å². The molecule has 0 heterocycles. The first-order chi connectivity index (χ1) is 12.6. The van der Waals surface area contributed by atoms with E-state index in [1.807, 2.05) is 56.3 Å². The van der Waals surface area contributed by atoms with Gasteiger partial charge in [0, 0.05) is 13.6 Å². The quantitative estimate of drug-likeness (QED) is 0.522. The fraction of sp³-hybridized carbons (Fsp3) is 0.200. The SMILES string of the molecule is CCNc1ccc2cccc(O)c2c1N=Nc1ccc(N=NC)c(C)c1. The molecule has 3 aromatic rings. The van der Waals surface area contributed by atoms with E-state index in [1.165, 1.54) is 0 Å². The Kier molecular flexibility index (Phi) is 5.22. The van der Waals surface area contributed by atoms with Gasteiger partial charge in [-0.3, -0.25) is 0 Å². The number of phenolic OH excluding ortho intramolecular Hbond substituents is 1. The van der Waals surface area contributed by atoms with Crippen molar-refractivity contribution < 1.29 is 5.11 Å². The van der Waals surface area contributed by atoms with Crippen LogP contribution >= 0.6 is 0 Å². The average Bonchev–Trinajstić information content (AvgIpc) is 2.63. The molecule has 0 amide bonds. The summed E-state index contributed by atoms with van der Waals surface area (Å²) < 4.78 is 0. The first-order valence-electron chi connectivity index (χ1n) is 8.45. The summed E-state index contributed by atoms with van der Waals surface area (Å²) in [5, 5.41) is 31.9. The van der Waals surface area contributed by atoms with Crippen molar-refractivity contribution >= 4 is 33.5 Å². The highest BCUT2D eigenvalue weighted by atomic mass is 16.3. The Morgan fingerprint density at radius 2 is 1.85 bits per heavy atom. The number of azo groups is 2. The van der Waals surface area contributed by atoms with Gasteiger partial charge in [0.05, 0.1) is 22.4 Å². The third-order valence-corrected chi connectivity index (χ3v) is 4.02. The topological polar surface area (TPSA) is 81.7 Å². The first-order valence-corrected chi connectivity index (χ1v) is 8.45. The van der Waals surface area contributed by atoms with Gasteiger partial charge >= 0.3 is 0 Å². The molecule has 0 aliphatic heterocycles. The van der Waals surface area contributed by atoms with Crippen LogP contribution in [0, 0.1) is 6.92 Å². The van der Waals surface area contributed by atoms with Gasteiger partial charge in [-0.25, -0.2) is 0 Å². The highest BCUT2D eigenvalue weighted by Crippen LogP contribution is 2.40. The number of hydrogen-bond acceptors (Lipinski definition) is 6. The fourth-order valence-electron chi connectivity index (χ4n) is 2.81. The zero-order valence-electron chi connectivity index (χ0n) is 15.1. The van der Waals surface area contributed by atoms with E-state index in [4.69, 9.17) is 0 Å². The second-order valence-corrected chi connectivity index (χ2v) is 5.84. The maximum Gasteiger partial charge on any atom is 0.125 e. The standard InChI is InChI=1S/C20H21N5O/c1-4-22-17-10-8-14-6-5-7-18(26)19(14)20(17)25-23-15-9-11-16(24-21-3)13(2)12-15/h5-12,22,26H,4H2,1-3H3. The number of aryl methyl sites for hydroxylation is 1. The molecule has 0 aromatic heterocycles. The third kappa shape index (κ3) is 3.54. The zero-order chi connectivity index (χ0) is 18.5. The van der Waals surface area contributed by atoms with E-state index in [-0.39, 0.29) is 5.75 Å². The molecule has 0 fully saturated rings. The second-order valence-electron chi connectivity index (χ2n) is 5.84. The van der Waals surface area contributed by atoms with Crippen molar-refractivity contribution in [1.29, 1.82) is 0 Å². The van der Waals surface area contributed by atoms with Crippen LogP contribution in [-0.4, -0.2) is 18.7 Å². The van der Waals surface area contributed by atoms with E-state index in [2.05, 4.69) is 25.8 Å². The number of hydrogen-bond donors (Lipinski definition) is 2. The molecule has 0 aliphatic rings. The number of nitrogens with one attached hydrogen (secondary N) is 1. The molecule has 3 rings (SSSR count). The second kappa shape index (κ2) is 7.74. The number of rotatable bonds is 5. The molecule has 0 saturated carbocycles. The number of aromatic hydroxyl groups is 1. The van der Waals surface area contributed by atoms with Gasteiger partial charge in [0.15, 0.2) is 0 Å². The highest BCUT2D eigenvalue weighted by molar-refractivity contribution is 6.02. The fourth-order valence-corrected chi connectivity index (χ4v) is 2.81. The van der Waals surface area contributed by atoms with Gasteiger partial charge in [0.2, 0.25) is 0 Å². The van der Waals surface area contributed by atoms with Crippen LogP contribution in [-0.2, 0) is 0 Å². The van der Waals surface area contributed by atoms with Crippen molar-refractivity contribution in [3.63, 3.8) is 0 Å². The number of phenols is 1. The Morgan fingerprint density at radius 3 is 2.58 bits per heavy atom. The van der Waals surface area contributed by atoms with Gasteiger partial charge in [-0.15, -0.1) is 5.11 Å². The summed E-state index contributed by atoms with van der Waals surface area (Å²) in [6.07, 6.45) is 0. The van der Waals surface area contributed by atoms with Crippen molar-refractivity contribution in [2.75, 3.05) is 18.9 Å². The van der Waals surface area contributed by atoms with Gasteiger partial charge in [0.25, 0.3) is 0 Å². The van der Waals surface area contributed by atoms with Gasteiger partial charge < -0.3 is 10.4 Å². The average molecular weight is 347 g/mol. The van der Waals surface area contributed by atoms with Gasteiger partial charge in [0.1, 0.15) is 11.4 Å². The summed E-state index contributed by atoms with van der Waals surface area (Å²) in [4.78, 5) is 0. The molecule has 26 heavy (non-hydrogen) atoms.